The van der Waals surface area contributed by atoms with Crippen molar-refractivity contribution < 1.29 is 19.4 Å². The van der Waals surface area contributed by atoms with Crippen LogP contribution in [0, 0.1) is 5.41 Å². The van der Waals surface area contributed by atoms with Crippen molar-refractivity contribution in [3.8, 4) is 17.1 Å². The van der Waals surface area contributed by atoms with Gasteiger partial charge >= 0.3 is 0 Å². The third kappa shape index (κ3) is 9.17. The smallest absolute Gasteiger partial charge is 0.276 e. The van der Waals surface area contributed by atoms with E-state index < -0.39 is 5.91 Å². The van der Waals surface area contributed by atoms with Gasteiger partial charge in [-0.15, -0.1) is 0 Å². The summed E-state index contributed by atoms with van der Waals surface area (Å²) < 4.78 is 7.85. The van der Waals surface area contributed by atoms with Crippen molar-refractivity contribution in [2.75, 3.05) is 84.4 Å². The number of carbonyl (C=O) groups is 2. The van der Waals surface area contributed by atoms with Gasteiger partial charge < -0.3 is 45.5 Å². The molecule has 368 valence electrons. The van der Waals surface area contributed by atoms with Crippen LogP contribution < -0.4 is 40.7 Å². The minimum absolute atomic E-state index is 0.135. The van der Waals surface area contributed by atoms with E-state index >= 15 is 0 Å². The molecule has 5 aromatic rings. The van der Waals surface area contributed by atoms with Crippen LogP contribution in [0.5, 0.6) is 5.88 Å². The van der Waals surface area contributed by atoms with Crippen LogP contribution in [0.4, 0.5) is 34.5 Å². The van der Waals surface area contributed by atoms with Crippen LogP contribution in [-0.2, 0) is 30.8 Å². The number of nitrogens with zero attached hydrogens (tertiary/aromatic N) is 10. The van der Waals surface area contributed by atoms with E-state index in [-0.39, 0.29) is 29.9 Å². The van der Waals surface area contributed by atoms with Crippen molar-refractivity contribution in [1.82, 2.24) is 34.7 Å². The Morgan fingerprint density at radius 2 is 1.79 bits per heavy atom. The molecule has 5 aliphatic rings. The number of fused-ring (bicyclic) bond motifs is 3. The Labute approximate surface area is 410 Å². The van der Waals surface area contributed by atoms with E-state index in [0.29, 0.717) is 71.1 Å². The highest BCUT2D eigenvalue weighted by atomic mass is 16.5. The lowest BCUT2D eigenvalue weighted by Gasteiger charge is -2.48. The number of hydrogen-bond donors (Lipinski definition) is 4. The van der Waals surface area contributed by atoms with Crippen LogP contribution in [0.1, 0.15) is 80.3 Å². The van der Waals surface area contributed by atoms with Gasteiger partial charge in [-0.2, -0.15) is 0 Å². The van der Waals surface area contributed by atoms with Gasteiger partial charge in [-0.1, -0.05) is 13.8 Å². The Hall–Kier alpha value is -6.56. The van der Waals surface area contributed by atoms with Gasteiger partial charge in [-0.25, -0.2) is 19.9 Å². The number of nitrogens with one attached hydrogen (secondary N) is 2. The summed E-state index contributed by atoms with van der Waals surface area (Å²) in [6, 6.07) is 15.8. The van der Waals surface area contributed by atoms with Crippen LogP contribution >= 0.6 is 0 Å². The summed E-state index contributed by atoms with van der Waals surface area (Å²) in [6.07, 6.45) is 12.4. The molecule has 10 rings (SSSR count). The number of piperazine rings is 2. The number of pyridine rings is 2. The maximum Gasteiger partial charge on any atom is 0.276 e. The van der Waals surface area contributed by atoms with E-state index in [2.05, 4.69) is 97.6 Å². The van der Waals surface area contributed by atoms with Crippen LogP contribution in [0.25, 0.3) is 17.3 Å². The van der Waals surface area contributed by atoms with Crippen molar-refractivity contribution in [2.45, 2.75) is 97.6 Å². The number of amides is 2. The first kappa shape index (κ1) is 47.1. The lowest BCUT2D eigenvalue weighted by Crippen LogP contribution is -2.58. The Kier molecular flexibility index (Phi) is 13.0. The molecule has 3 fully saturated rings. The number of piperidine rings is 1. The van der Waals surface area contributed by atoms with E-state index in [1.807, 2.05) is 24.4 Å². The second-order valence-corrected chi connectivity index (χ2v) is 20.6. The molecule has 1 aliphatic carbocycles. The number of nitrogens with two attached hydrogens (primary N) is 1. The number of aromatic nitrogens is 5. The second-order valence-electron chi connectivity index (χ2n) is 20.6. The van der Waals surface area contributed by atoms with E-state index in [4.69, 9.17) is 20.4 Å². The molecule has 1 aromatic carbocycles. The molecule has 4 aromatic heterocycles. The highest BCUT2D eigenvalue weighted by Gasteiger charge is 2.38. The van der Waals surface area contributed by atoms with Gasteiger partial charge in [0.2, 0.25) is 5.91 Å². The van der Waals surface area contributed by atoms with Gasteiger partial charge in [0.15, 0.2) is 5.82 Å². The Morgan fingerprint density at radius 1 is 0.943 bits per heavy atom. The highest BCUT2D eigenvalue weighted by Crippen LogP contribution is 2.41. The van der Waals surface area contributed by atoms with Gasteiger partial charge in [-0.3, -0.25) is 19.4 Å². The molecule has 4 aliphatic heterocycles. The van der Waals surface area contributed by atoms with Gasteiger partial charge in [0.25, 0.3) is 11.8 Å². The fourth-order valence-corrected chi connectivity index (χ4v) is 11.8. The SMILES string of the molecule is COc1ncc(-c2ccnc(N3CCn4c(cc5c4CC(C)(C)C5)C3=O)c2CO)nc1Nc1ccc(N2CCN(C3CCN(c4ccnc(N5CCNC[C@@H]5C)c4)[C@H](C)C3)C[C@@H]2C)c(C=CC(N)=O)c1. The highest BCUT2D eigenvalue weighted by molar-refractivity contribution is 6.06. The maximum absolute atomic E-state index is 14.1. The first-order chi connectivity index (χ1) is 33.8. The molecule has 5 N–H and O–H groups in total. The van der Waals surface area contributed by atoms with E-state index in [0.717, 1.165) is 88.6 Å². The molecule has 1 unspecified atom stereocenters. The lowest BCUT2D eigenvalue weighted by atomic mass is 9.90. The molecule has 3 saturated heterocycles. The predicted molar refractivity (Wildman–Crippen MR) is 275 cm³/mol. The van der Waals surface area contributed by atoms with Crippen LogP contribution in [0.15, 0.2) is 67.1 Å². The summed E-state index contributed by atoms with van der Waals surface area (Å²) in [5.74, 6) is 1.41. The van der Waals surface area contributed by atoms with Crippen LogP contribution in [-0.4, -0.2) is 130 Å². The number of methoxy groups -OCH3 is 1. The zero-order valence-electron chi connectivity index (χ0n) is 41.4. The van der Waals surface area contributed by atoms with Gasteiger partial charge in [-0.05, 0) is 99.9 Å². The number of hydrogen-bond acceptors (Lipinski definition) is 14. The molecule has 0 spiro atoms. The van der Waals surface area contributed by atoms with Crippen molar-refractivity contribution in [1.29, 1.82) is 0 Å². The molecular weight excluding hydrogens is 883 g/mol. The quantitative estimate of drug-likeness (QED) is 0.113. The standard InChI is InChI=1S/C53H67N13O4/c1-33-23-39(13-17-62(33)40-11-14-56-48(26-40)64-18-16-55-29-34(64)2)61-19-20-63(35(3)31-61)44-9-8-38(24-36(44)7-10-47(54)68)59-49-51(70-6)58-30-43(60-49)41-12-15-57-50(42(41)32-67)66-22-21-65-45(52(66)69)25-37-27-53(4,5)28-46(37)65/h7-12,14-15,24-26,30,33-35,39,55,67H,13,16-23,27-29,31-32H2,1-6H3,(H2,54,68)(H,59,60)/t33-,34+,35+,39?/m1/s1. The zero-order chi connectivity index (χ0) is 48.8. The summed E-state index contributed by atoms with van der Waals surface area (Å²) in [5, 5.41) is 17.8. The molecule has 0 bridgehead atoms. The van der Waals surface area contributed by atoms with E-state index in [1.54, 1.807) is 29.4 Å². The van der Waals surface area contributed by atoms with E-state index in [9.17, 15) is 14.7 Å². The Balaban J connectivity index is 0.842. The summed E-state index contributed by atoms with van der Waals surface area (Å²) >= 11 is 0. The number of benzene rings is 1. The first-order valence-electron chi connectivity index (χ1n) is 24.9. The van der Waals surface area contributed by atoms with Crippen molar-refractivity contribution in [3.05, 3.63) is 95.2 Å². The number of rotatable bonds is 12. The molecular formula is C53H67N13O4. The summed E-state index contributed by atoms with van der Waals surface area (Å²) in [4.78, 5) is 56.9. The molecule has 4 atom stereocenters. The topological polar surface area (TPSA) is 186 Å². The summed E-state index contributed by atoms with van der Waals surface area (Å²) in [5.41, 5.74) is 14.3. The zero-order valence-corrected chi connectivity index (χ0v) is 41.4. The Morgan fingerprint density at radius 3 is 2.56 bits per heavy atom. The number of aliphatic hydroxyl groups excluding tert-OH is 1. The molecule has 8 heterocycles. The second kappa shape index (κ2) is 19.3. The number of anilines is 6. The normalized spacial score (nSPS) is 22.6. The molecule has 17 heteroatoms. The molecule has 70 heavy (non-hydrogen) atoms. The van der Waals surface area contributed by atoms with Gasteiger partial charge in [0, 0.05) is 147 Å². The van der Waals surface area contributed by atoms with Crippen molar-refractivity contribution in [3.63, 3.8) is 0 Å². The first-order valence-corrected chi connectivity index (χ1v) is 24.9. The monoisotopic (exact) mass is 950 g/mol. The fraction of sp³-hybridized carbons (Fsp3) is 0.472. The molecule has 2 amide bonds. The van der Waals surface area contributed by atoms with E-state index in [1.165, 1.54) is 30.1 Å². The third-order valence-electron chi connectivity index (χ3n) is 15.2. The summed E-state index contributed by atoms with van der Waals surface area (Å²) in [7, 11) is 1.54. The van der Waals surface area contributed by atoms with Crippen LogP contribution in [0.3, 0.4) is 0 Å². The largest absolute Gasteiger partial charge is 0.478 e. The Bertz CT molecular complexity index is 2810. The summed E-state index contributed by atoms with van der Waals surface area (Å²) in [6.45, 7) is 18.7. The number of primary amides is 1. The third-order valence-corrected chi connectivity index (χ3v) is 15.2. The number of ether oxygens (including phenoxy) is 1. The average Bonchev–Trinajstić information content (AvgIpc) is 3.85. The fourth-order valence-electron chi connectivity index (χ4n) is 11.8. The maximum atomic E-state index is 14.1. The average molecular weight is 950 g/mol. The van der Waals surface area contributed by atoms with Gasteiger partial charge in [0.1, 0.15) is 17.3 Å². The number of carbonyl (C=O) groups excluding carboxylic acids is 2. The van der Waals surface area contributed by atoms with Crippen molar-refractivity contribution in [2.24, 2.45) is 11.1 Å². The lowest BCUT2D eigenvalue weighted by molar-refractivity contribution is -0.113. The van der Waals surface area contributed by atoms with Crippen LogP contribution in [0.2, 0.25) is 0 Å². The minimum atomic E-state index is -0.534. The van der Waals surface area contributed by atoms with Crippen molar-refractivity contribution >= 4 is 52.4 Å². The minimum Gasteiger partial charge on any atom is -0.478 e. The molecule has 17 nitrogen and oxygen atoms in total. The molecule has 0 radical (unpaired) electrons. The van der Waals surface area contributed by atoms with Gasteiger partial charge in [0.05, 0.1) is 25.6 Å². The molecule has 0 saturated carbocycles. The predicted octanol–water partition coefficient (Wildman–Crippen LogP) is 5.63. The number of aliphatic hydroxyl groups is 1.